The van der Waals surface area contributed by atoms with E-state index in [1.54, 1.807) is 0 Å². The maximum absolute atomic E-state index is 10.1. The van der Waals surface area contributed by atoms with E-state index in [1.807, 2.05) is 0 Å². The third kappa shape index (κ3) is 5.83. The minimum atomic E-state index is 0.216. The van der Waals surface area contributed by atoms with Crippen molar-refractivity contribution < 1.29 is 9.59 Å². The summed E-state index contributed by atoms with van der Waals surface area (Å²) >= 11 is 0. The summed E-state index contributed by atoms with van der Waals surface area (Å²) in [6, 6.07) is 0. The Morgan fingerprint density at radius 3 is 2.09 bits per heavy atom. The standard InChI is InChI=1S/C8H13BO2/c9-5-1-2-8(3-6-10)4-7-11/h6-8H,1-5H2. The quantitative estimate of drug-likeness (QED) is 0.405. The highest BCUT2D eigenvalue weighted by Crippen LogP contribution is 2.13. The van der Waals surface area contributed by atoms with Gasteiger partial charge in [-0.25, -0.2) is 0 Å². The van der Waals surface area contributed by atoms with E-state index in [-0.39, 0.29) is 5.92 Å². The van der Waals surface area contributed by atoms with Gasteiger partial charge in [-0.2, -0.15) is 0 Å². The van der Waals surface area contributed by atoms with Crippen molar-refractivity contribution in [2.45, 2.75) is 32.0 Å². The van der Waals surface area contributed by atoms with Gasteiger partial charge >= 0.3 is 0 Å². The van der Waals surface area contributed by atoms with E-state index in [0.717, 1.165) is 25.4 Å². The number of rotatable bonds is 7. The smallest absolute Gasteiger partial charge is 0.120 e. The summed E-state index contributed by atoms with van der Waals surface area (Å²) in [6.45, 7) is 0. The molecule has 0 saturated carbocycles. The first kappa shape index (κ1) is 10.4. The maximum atomic E-state index is 10.1. The van der Waals surface area contributed by atoms with E-state index in [0.29, 0.717) is 19.2 Å². The lowest BCUT2D eigenvalue weighted by Gasteiger charge is -2.08. The van der Waals surface area contributed by atoms with Gasteiger partial charge in [-0.05, 0) is 5.92 Å². The minimum absolute atomic E-state index is 0.216. The van der Waals surface area contributed by atoms with Gasteiger partial charge in [0, 0.05) is 12.8 Å². The second-order valence-corrected chi connectivity index (χ2v) is 2.60. The van der Waals surface area contributed by atoms with Crippen LogP contribution in [-0.4, -0.2) is 20.4 Å². The molecule has 0 aliphatic rings. The first-order chi connectivity index (χ1) is 5.35. The molecule has 0 aliphatic carbocycles. The molecular formula is C8H13BO2. The maximum Gasteiger partial charge on any atom is 0.120 e. The molecule has 3 heteroatoms. The molecule has 0 aromatic heterocycles. The molecule has 0 unspecified atom stereocenters. The van der Waals surface area contributed by atoms with Crippen LogP contribution in [0.1, 0.15) is 25.7 Å². The summed E-state index contributed by atoms with van der Waals surface area (Å²) in [5.41, 5.74) is 0. The molecule has 60 valence electrons. The monoisotopic (exact) mass is 152 g/mol. The lowest BCUT2D eigenvalue weighted by molar-refractivity contribution is -0.110. The number of aldehydes is 2. The Balaban J connectivity index is 3.49. The van der Waals surface area contributed by atoms with Crippen molar-refractivity contribution in [2.75, 3.05) is 0 Å². The molecular weight excluding hydrogens is 139 g/mol. The first-order valence-electron chi connectivity index (χ1n) is 3.92. The zero-order valence-corrected chi connectivity index (χ0v) is 6.66. The van der Waals surface area contributed by atoms with E-state index in [1.165, 1.54) is 0 Å². The predicted octanol–water partition coefficient (Wildman–Crippen LogP) is 1.15. The molecule has 0 aliphatic heterocycles. The summed E-state index contributed by atoms with van der Waals surface area (Å²) in [6.07, 6.45) is 5.11. The van der Waals surface area contributed by atoms with Crippen molar-refractivity contribution >= 4 is 20.4 Å². The molecule has 0 fully saturated rings. The van der Waals surface area contributed by atoms with Gasteiger partial charge < -0.3 is 9.59 Å². The Bertz CT molecular complexity index is 105. The molecule has 0 saturated heterocycles. The van der Waals surface area contributed by atoms with Crippen molar-refractivity contribution in [1.29, 1.82) is 0 Å². The second-order valence-electron chi connectivity index (χ2n) is 2.60. The van der Waals surface area contributed by atoms with Gasteiger partial charge in [0.1, 0.15) is 12.6 Å². The molecule has 0 aromatic rings. The van der Waals surface area contributed by atoms with Crippen molar-refractivity contribution in [1.82, 2.24) is 0 Å². The third-order valence-corrected chi connectivity index (χ3v) is 1.68. The largest absolute Gasteiger partial charge is 0.303 e. The zero-order valence-electron chi connectivity index (χ0n) is 6.66. The molecule has 0 bridgehead atoms. The molecule has 0 atom stereocenters. The molecule has 0 amide bonds. The van der Waals surface area contributed by atoms with Gasteiger partial charge in [0.25, 0.3) is 0 Å². The van der Waals surface area contributed by atoms with Crippen LogP contribution in [0, 0.1) is 5.92 Å². The van der Waals surface area contributed by atoms with Crippen LogP contribution >= 0.6 is 0 Å². The van der Waals surface area contributed by atoms with E-state index in [4.69, 9.17) is 7.85 Å². The molecule has 2 nitrogen and oxygen atoms in total. The SMILES string of the molecule is [B]CCCC(CC=O)CC=O. The highest BCUT2D eigenvalue weighted by atomic mass is 16.1. The van der Waals surface area contributed by atoms with Crippen LogP contribution in [0.5, 0.6) is 0 Å². The molecule has 0 rings (SSSR count). The summed E-state index contributed by atoms with van der Waals surface area (Å²) < 4.78 is 0. The minimum Gasteiger partial charge on any atom is -0.303 e. The third-order valence-electron chi connectivity index (χ3n) is 1.68. The van der Waals surface area contributed by atoms with Crippen LogP contribution in [-0.2, 0) is 9.59 Å². The topological polar surface area (TPSA) is 34.1 Å². The number of hydrogen-bond donors (Lipinski definition) is 0. The van der Waals surface area contributed by atoms with Crippen molar-refractivity contribution in [3.8, 4) is 0 Å². The zero-order chi connectivity index (χ0) is 8.53. The Kier molecular flexibility index (Phi) is 7.10. The Hall–Kier alpha value is -0.595. The Morgan fingerprint density at radius 1 is 1.18 bits per heavy atom. The van der Waals surface area contributed by atoms with E-state index >= 15 is 0 Å². The van der Waals surface area contributed by atoms with Gasteiger partial charge in [-0.15, -0.1) is 0 Å². The van der Waals surface area contributed by atoms with E-state index < -0.39 is 0 Å². The summed E-state index contributed by atoms with van der Waals surface area (Å²) in [5, 5.41) is 0. The van der Waals surface area contributed by atoms with Gasteiger partial charge in [0.05, 0.1) is 7.85 Å². The first-order valence-corrected chi connectivity index (χ1v) is 3.92. The Labute approximate surface area is 68.8 Å². The van der Waals surface area contributed by atoms with E-state index in [9.17, 15) is 9.59 Å². The lowest BCUT2D eigenvalue weighted by atomic mass is 9.91. The van der Waals surface area contributed by atoms with Crippen molar-refractivity contribution in [3.63, 3.8) is 0 Å². The van der Waals surface area contributed by atoms with Crippen LogP contribution in [0.25, 0.3) is 0 Å². The van der Waals surface area contributed by atoms with Gasteiger partial charge in [-0.1, -0.05) is 19.2 Å². The van der Waals surface area contributed by atoms with Crippen LogP contribution in [0.15, 0.2) is 0 Å². The fraction of sp³-hybridized carbons (Fsp3) is 0.750. The fourth-order valence-electron chi connectivity index (χ4n) is 1.01. The molecule has 0 N–H and O–H groups in total. The highest BCUT2D eigenvalue weighted by Gasteiger charge is 2.05. The van der Waals surface area contributed by atoms with Gasteiger partial charge in [0.2, 0.25) is 0 Å². The molecule has 2 radical (unpaired) electrons. The number of carbonyl (C=O) groups is 2. The summed E-state index contributed by atoms with van der Waals surface area (Å²) in [4.78, 5) is 20.2. The van der Waals surface area contributed by atoms with Gasteiger partial charge in [-0.3, -0.25) is 0 Å². The second kappa shape index (κ2) is 7.51. The summed E-state index contributed by atoms with van der Waals surface area (Å²) in [5.74, 6) is 0.216. The molecule has 0 spiro atoms. The highest BCUT2D eigenvalue weighted by molar-refractivity contribution is 6.08. The Morgan fingerprint density at radius 2 is 1.73 bits per heavy atom. The van der Waals surface area contributed by atoms with Crippen LogP contribution in [0.3, 0.4) is 0 Å². The van der Waals surface area contributed by atoms with Gasteiger partial charge in [0.15, 0.2) is 0 Å². The number of carbonyl (C=O) groups excluding carboxylic acids is 2. The predicted molar refractivity (Wildman–Crippen MR) is 44.6 cm³/mol. The lowest BCUT2D eigenvalue weighted by Crippen LogP contribution is -2.01. The molecule has 0 aromatic carbocycles. The average Bonchev–Trinajstić information content (AvgIpc) is 2.01. The fourth-order valence-corrected chi connectivity index (χ4v) is 1.01. The summed E-state index contributed by atoms with van der Waals surface area (Å²) in [7, 11) is 5.29. The van der Waals surface area contributed by atoms with Crippen LogP contribution < -0.4 is 0 Å². The molecule has 11 heavy (non-hydrogen) atoms. The van der Waals surface area contributed by atoms with Crippen molar-refractivity contribution in [3.05, 3.63) is 0 Å². The van der Waals surface area contributed by atoms with Crippen molar-refractivity contribution in [2.24, 2.45) is 5.92 Å². The molecule has 0 heterocycles. The average molecular weight is 152 g/mol. The van der Waals surface area contributed by atoms with Crippen LogP contribution in [0.2, 0.25) is 6.32 Å². The number of hydrogen-bond acceptors (Lipinski definition) is 2. The normalized spacial score (nSPS) is 9.91. The van der Waals surface area contributed by atoms with Crippen LogP contribution in [0.4, 0.5) is 0 Å². The van der Waals surface area contributed by atoms with E-state index in [2.05, 4.69) is 0 Å².